The zero-order chi connectivity index (χ0) is 18.4. The lowest BCUT2D eigenvalue weighted by Gasteiger charge is -2.42. The minimum atomic E-state index is -0.827. The Labute approximate surface area is 155 Å². The molecule has 0 aromatic heterocycles. The van der Waals surface area contributed by atoms with Crippen LogP contribution in [0.25, 0.3) is 0 Å². The van der Waals surface area contributed by atoms with E-state index in [9.17, 15) is 5.11 Å². The van der Waals surface area contributed by atoms with Gasteiger partial charge in [-0.2, -0.15) is 0 Å². The Bertz CT molecular complexity index is 688. The van der Waals surface area contributed by atoms with Crippen molar-refractivity contribution in [2.24, 2.45) is 0 Å². The van der Waals surface area contributed by atoms with Crippen LogP contribution in [0.2, 0.25) is 0 Å². The molecule has 1 saturated heterocycles. The largest absolute Gasteiger partial charge is 0.465 e. The molecule has 3 unspecified atom stereocenters. The fourth-order valence-electron chi connectivity index (χ4n) is 3.40. The fraction of sp³-hybridized carbons (Fsp3) is 0.455. The Morgan fingerprint density at radius 1 is 1.15 bits per heavy atom. The molecule has 26 heavy (non-hydrogen) atoms. The third kappa shape index (κ3) is 4.26. The van der Waals surface area contributed by atoms with Gasteiger partial charge in [0.25, 0.3) is 0 Å². The molecule has 1 fully saturated rings. The maximum atomic E-state index is 9.94. The number of rotatable bonds is 7. The standard InChI is InChI=1S/C22H28O4/c1-3-21(23)26-19-13-8-7-12-18(19)22(2)20(14-9-15-25-22)24-16-17-10-5-4-6-11-17/h4-8,10-13,20-21,23H,3,9,14-16H2,1-2H3. The van der Waals surface area contributed by atoms with Crippen LogP contribution in [0.1, 0.15) is 44.2 Å². The molecule has 0 radical (unpaired) electrons. The van der Waals surface area contributed by atoms with Gasteiger partial charge < -0.3 is 19.3 Å². The summed E-state index contributed by atoms with van der Waals surface area (Å²) < 4.78 is 18.2. The van der Waals surface area contributed by atoms with E-state index in [1.165, 1.54) is 0 Å². The van der Waals surface area contributed by atoms with Gasteiger partial charge in [0.2, 0.25) is 0 Å². The second-order valence-corrected chi connectivity index (χ2v) is 6.86. The summed E-state index contributed by atoms with van der Waals surface area (Å²) in [6.45, 7) is 5.18. The van der Waals surface area contributed by atoms with Crippen molar-refractivity contribution in [1.29, 1.82) is 0 Å². The summed E-state index contributed by atoms with van der Waals surface area (Å²) in [5.41, 5.74) is 1.45. The number of para-hydroxylation sites is 1. The molecule has 0 saturated carbocycles. The van der Waals surface area contributed by atoms with Crippen molar-refractivity contribution in [3.8, 4) is 5.75 Å². The first kappa shape index (κ1) is 18.9. The maximum Gasteiger partial charge on any atom is 0.197 e. The first-order valence-corrected chi connectivity index (χ1v) is 9.37. The molecule has 1 N–H and O–H groups in total. The van der Waals surface area contributed by atoms with Crippen molar-refractivity contribution in [2.45, 2.75) is 57.7 Å². The predicted molar refractivity (Wildman–Crippen MR) is 101 cm³/mol. The molecule has 1 heterocycles. The third-order valence-corrected chi connectivity index (χ3v) is 4.96. The van der Waals surface area contributed by atoms with Crippen LogP contribution in [0.15, 0.2) is 54.6 Å². The minimum absolute atomic E-state index is 0.0834. The highest BCUT2D eigenvalue weighted by molar-refractivity contribution is 5.39. The molecular weight excluding hydrogens is 328 g/mol. The zero-order valence-corrected chi connectivity index (χ0v) is 15.6. The van der Waals surface area contributed by atoms with E-state index in [4.69, 9.17) is 14.2 Å². The Morgan fingerprint density at radius 2 is 1.88 bits per heavy atom. The number of hydrogen-bond donors (Lipinski definition) is 1. The van der Waals surface area contributed by atoms with E-state index >= 15 is 0 Å². The summed E-state index contributed by atoms with van der Waals surface area (Å²) in [7, 11) is 0. The highest BCUT2D eigenvalue weighted by Crippen LogP contribution is 2.41. The highest BCUT2D eigenvalue weighted by atomic mass is 16.6. The highest BCUT2D eigenvalue weighted by Gasteiger charge is 2.42. The Kier molecular flexibility index (Phi) is 6.30. The topological polar surface area (TPSA) is 47.9 Å². The van der Waals surface area contributed by atoms with E-state index in [0.29, 0.717) is 25.4 Å². The molecule has 4 nitrogen and oxygen atoms in total. The number of ether oxygens (including phenoxy) is 3. The van der Waals surface area contributed by atoms with Gasteiger partial charge in [-0.25, -0.2) is 0 Å². The van der Waals surface area contributed by atoms with Gasteiger partial charge in [0.1, 0.15) is 11.4 Å². The normalized spacial score (nSPS) is 24.2. The van der Waals surface area contributed by atoms with Crippen LogP contribution in [-0.4, -0.2) is 24.1 Å². The van der Waals surface area contributed by atoms with Crippen LogP contribution in [0.5, 0.6) is 5.75 Å². The van der Waals surface area contributed by atoms with E-state index in [2.05, 4.69) is 19.1 Å². The molecule has 0 bridgehead atoms. The monoisotopic (exact) mass is 356 g/mol. The molecule has 1 aliphatic heterocycles. The van der Waals surface area contributed by atoms with Gasteiger partial charge in [-0.05, 0) is 31.4 Å². The SMILES string of the molecule is CCC(O)Oc1ccccc1C1(C)OCCCC1OCc1ccccc1. The van der Waals surface area contributed by atoms with Crippen LogP contribution < -0.4 is 4.74 Å². The molecule has 0 aliphatic carbocycles. The molecule has 2 aromatic rings. The Balaban J connectivity index is 1.83. The molecule has 0 amide bonds. The lowest BCUT2D eigenvalue weighted by Crippen LogP contribution is -2.45. The minimum Gasteiger partial charge on any atom is -0.465 e. The van der Waals surface area contributed by atoms with E-state index in [-0.39, 0.29) is 6.10 Å². The smallest absolute Gasteiger partial charge is 0.197 e. The molecular formula is C22H28O4. The predicted octanol–water partition coefficient (Wildman–Crippen LogP) is 4.40. The molecule has 3 rings (SSSR count). The van der Waals surface area contributed by atoms with Gasteiger partial charge in [0.05, 0.1) is 12.7 Å². The van der Waals surface area contributed by atoms with Crippen molar-refractivity contribution < 1.29 is 19.3 Å². The lowest BCUT2D eigenvalue weighted by atomic mass is 9.84. The summed E-state index contributed by atoms with van der Waals surface area (Å²) in [6.07, 6.45) is 1.51. The number of hydrogen-bond acceptors (Lipinski definition) is 4. The Morgan fingerprint density at radius 3 is 2.65 bits per heavy atom. The molecule has 3 atom stereocenters. The van der Waals surface area contributed by atoms with Gasteiger partial charge >= 0.3 is 0 Å². The van der Waals surface area contributed by atoms with Crippen molar-refractivity contribution in [3.05, 3.63) is 65.7 Å². The van der Waals surface area contributed by atoms with Crippen LogP contribution in [0, 0.1) is 0 Å². The fourth-order valence-corrected chi connectivity index (χ4v) is 3.40. The van der Waals surface area contributed by atoms with E-state index < -0.39 is 11.9 Å². The van der Waals surface area contributed by atoms with Gasteiger partial charge in [0.15, 0.2) is 6.29 Å². The van der Waals surface area contributed by atoms with Gasteiger partial charge in [0, 0.05) is 18.6 Å². The van der Waals surface area contributed by atoms with Gasteiger partial charge in [-0.15, -0.1) is 0 Å². The maximum absolute atomic E-state index is 9.94. The van der Waals surface area contributed by atoms with Crippen LogP contribution in [0.3, 0.4) is 0 Å². The van der Waals surface area contributed by atoms with Crippen LogP contribution >= 0.6 is 0 Å². The molecule has 2 aromatic carbocycles. The number of aliphatic hydroxyl groups excluding tert-OH is 1. The average molecular weight is 356 g/mol. The first-order valence-electron chi connectivity index (χ1n) is 9.37. The molecule has 0 spiro atoms. The van der Waals surface area contributed by atoms with E-state index in [1.54, 1.807) is 0 Å². The van der Waals surface area contributed by atoms with Crippen LogP contribution in [0.4, 0.5) is 0 Å². The quantitative estimate of drug-likeness (QED) is 0.747. The van der Waals surface area contributed by atoms with Crippen molar-refractivity contribution in [2.75, 3.05) is 6.61 Å². The summed E-state index contributed by atoms with van der Waals surface area (Å²) >= 11 is 0. The first-order chi connectivity index (χ1) is 12.6. The van der Waals surface area contributed by atoms with E-state index in [1.807, 2.05) is 49.4 Å². The third-order valence-electron chi connectivity index (χ3n) is 4.96. The second kappa shape index (κ2) is 8.67. The van der Waals surface area contributed by atoms with Crippen molar-refractivity contribution in [3.63, 3.8) is 0 Å². The average Bonchev–Trinajstić information content (AvgIpc) is 2.68. The van der Waals surface area contributed by atoms with Crippen molar-refractivity contribution >= 4 is 0 Å². The summed E-state index contributed by atoms with van der Waals surface area (Å²) in [5, 5.41) is 9.94. The summed E-state index contributed by atoms with van der Waals surface area (Å²) in [4.78, 5) is 0. The van der Waals surface area contributed by atoms with Gasteiger partial charge in [-0.3, -0.25) is 0 Å². The molecule has 140 valence electrons. The van der Waals surface area contributed by atoms with Crippen molar-refractivity contribution in [1.82, 2.24) is 0 Å². The molecule has 4 heteroatoms. The van der Waals surface area contributed by atoms with E-state index in [0.717, 1.165) is 24.0 Å². The lowest BCUT2D eigenvalue weighted by molar-refractivity contribution is -0.177. The number of aliphatic hydroxyl groups is 1. The summed E-state index contributed by atoms with van der Waals surface area (Å²) in [6, 6.07) is 17.9. The Hall–Kier alpha value is -1.88. The van der Waals surface area contributed by atoms with Gasteiger partial charge in [-0.1, -0.05) is 55.5 Å². The zero-order valence-electron chi connectivity index (χ0n) is 15.6. The summed E-state index contributed by atoms with van der Waals surface area (Å²) in [5.74, 6) is 0.652. The van der Waals surface area contributed by atoms with Crippen LogP contribution in [-0.2, 0) is 21.7 Å². The number of benzene rings is 2. The molecule has 1 aliphatic rings. The second-order valence-electron chi connectivity index (χ2n) is 6.86.